The van der Waals surface area contributed by atoms with Crippen molar-refractivity contribution in [3.05, 3.63) is 67.8 Å². The van der Waals surface area contributed by atoms with Gasteiger partial charge in [-0.2, -0.15) is 4.52 Å². The topological polar surface area (TPSA) is 58.3 Å². The molecule has 0 radical (unpaired) electrons. The van der Waals surface area contributed by atoms with Crippen molar-refractivity contribution in [3.8, 4) is 11.4 Å². The zero-order chi connectivity index (χ0) is 19.9. The third-order valence-corrected chi connectivity index (χ3v) is 4.75. The Kier molecular flexibility index (Phi) is 6.55. The molecule has 0 aliphatic rings. The van der Waals surface area contributed by atoms with Crippen LogP contribution >= 0.6 is 0 Å². The van der Waals surface area contributed by atoms with Gasteiger partial charge < -0.3 is 5.32 Å². The van der Waals surface area contributed by atoms with Gasteiger partial charge in [-0.1, -0.05) is 56.3 Å². The summed E-state index contributed by atoms with van der Waals surface area (Å²) >= 11 is 0. The molecule has 0 amide bonds. The van der Waals surface area contributed by atoms with E-state index < -0.39 is 0 Å². The molecule has 0 fully saturated rings. The highest BCUT2D eigenvalue weighted by molar-refractivity contribution is 5.59. The maximum atomic E-state index is 4.72. The van der Waals surface area contributed by atoms with Crippen LogP contribution in [0.1, 0.15) is 13.8 Å². The molecule has 6 heteroatoms. The van der Waals surface area contributed by atoms with Crippen LogP contribution in [0.4, 0.5) is 5.82 Å². The number of nitrogens with one attached hydrogen (secondary N) is 1. The number of aromatic nitrogens is 4. The molecule has 0 aliphatic carbocycles. The first-order chi connectivity index (χ1) is 13.6. The highest BCUT2D eigenvalue weighted by atomic mass is 15.4. The van der Waals surface area contributed by atoms with Gasteiger partial charge in [-0.05, 0) is 18.1 Å². The van der Waals surface area contributed by atoms with E-state index in [1.54, 1.807) is 4.52 Å². The first kappa shape index (κ1) is 19.8. The molecule has 0 saturated heterocycles. The standard InChI is InChI=1S/C22H28N6/c1-5-14-27(15-6-2)19(17(3)4)16-23-20-12-13-21-24-25-22(28(21)26-20)18-10-8-7-9-11-18/h5-13,17,19H,1-2,14-16H2,3-4H3,(H,23,26)/t19-/m0/s1. The Bertz CT molecular complexity index is 905. The molecule has 146 valence electrons. The number of benzene rings is 1. The molecule has 28 heavy (non-hydrogen) atoms. The minimum Gasteiger partial charge on any atom is -0.367 e. The fourth-order valence-electron chi connectivity index (χ4n) is 3.32. The van der Waals surface area contributed by atoms with Gasteiger partial charge >= 0.3 is 0 Å². The summed E-state index contributed by atoms with van der Waals surface area (Å²) in [5, 5.41) is 16.7. The summed E-state index contributed by atoms with van der Waals surface area (Å²) in [5.41, 5.74) is 1.72. The molecular weight excluding hydrogens is 348 g/mol. The van der Waals surface area contributed by atoms with Crippen LogP contribution in [0.25, 0.3) is 17.0 Å². The fraction of sp³-hybridized carbons (Fsp3) is 0.318. The van der Waals surface area contributed by atoms with E-state index in [4.69, 9.17) is 5.10 Å². The number of anilines is 1. The third kappa shape index (κ3) is 4.46. The minimum atomic E-state index is 0.336. The van der Waals surface area contributed by atoms with Crippen molar-refractivity contribution in [2.24, 2.45) is 5.92 Å². The Balaban J connectivity index is 1.81. The van der Waals surface area contributed by atoms with Crippen molar-refractivity contribution < 1.29 is 0 Å². The minimum absolute atomic E-state index is 0.336. The predicted molar refractivity (Wildman–Crippen MR) is 115 cm³/mol. The van der Waals surface area contributed by atoms with Crippen LogP contribution in [0.3, 0.4) is 0 Å². The lowest BCUT2D eigenvalue weighted by Gasteiger charge is -2.33. The number of nitrogens with zero attached hydrogens (tertiary/aromatic N) is 5. The second kappa shape index (κ2) is 9.28. The van der Waals surface area contributed by atoms with E-state index in [9.17, 15) is 0 Å². The van der Waals surface area contributed by atoms with Crippen molar-refractivity contribution in [3.63, 3.8) is 0 Å². The van der Waals surface area contributed by atoms with E-state index in [0.717, 1.165) is 42.5 Å². The molecule has 1 N–H and O–H groups in total. The highest BCUT2D eigenvalue weighted by Gasteiger charge is 2.20. The maximum absolute atomic E-state index is 4.72. The number of fused-ring (bicyclic) bond motifs is 1. The molecule has 1 atom stereocenters. The molecule has 2 heterocycles. The summed E-state index contributed by atoms with van der Waals surface area (Å²) in [5.74, 6) is 2.01. The fourth-order valence-corrected chi connectivity index (χ4v) is 3.32. The van der Waals surface area contributed by atoms with Crippen LogP contribution in [0, 0.1) is 5.92 Å². The van der Waals surface area contributed by atoms with Crippen LogP contribution < -0.4 is 5.32 Å². The van der Waals surface area contributed by atoms with Crippen molar-refractivity contribution in [1.29, 1.82) is 0 Å². The average Bonchev–Trinajstić information content (AvgIpc) is 3.12. The lowest BCUT2D eigenvalue weighted by Crippen LogP contribution is -2.44. The van der Waals surface area contributed by atoms with Gasteiger partial charge in [0, 0.05) is 31.2 Å². The summed E-state index contributed by atoms with van der Waals surface area (Å²) in [6.07, 6.45) is 3.87. The number of hydrogen-bond acceptors (Lipinski definition) is 5. The van der Waals surface area contributed by atoms with Crippen LogP contribution in [-0.4, -0.2) is 50.4 Å². The Morgan fingerprint density at radius 1 is 1.04 bits per heavy atom. The van der Waals surface area contributed by atoms with Gasteiger partial charge in [0.15, 0.2) is 11.5 Å². The first-order valence-corrected chi connectivity index (χ1v) is 9.61. The smallest absolute Gasteiger partial charge is 0.185 e. The van der Waals surface area contributed by atoms with E-state index in [0.29, 0.717) is 12.0 Å². The first-order valence-electron chi connectivity index (χ1n) is 9.61. The van der Waals surface area contributed by atoms with Crippen molar-refractivity contribution in [2.45, 2.75) is 19.9 Å². The lowest BCUT2D eigenvalue weighted by molar-refractivity contribution is 0.199. The number of hydrogen-bond donors (Lipinski definition) is 1. The van der Waals surface area contributed by atoms with Crippen LogP contribution in [0.15, 0.2) is 67.8 Å². The summed E-state index contributed by atoms with van der Waals surface area (Å²) in [6.45, 7) is 14.7. The zero-order valence-corrected chi connectivity index (χ0v) is 16.6. The number of rotatable bonds is 10. The van der Waals surface area contributed by atoms with E-state index in [1.165, 1.54) is 0 Å². The van der Waals surface area contributed by atoms with Gasteiger partial charge in [0.25, 0.3) is 0 Å². The Morgan fingerprint density at radius 2 is 1.75 bits per heavy atom. The van der Waals surface area contributed by atoms with E-state index >= 15 is 0 Å². The Labute approximate surface area is 166 Å². The molecule has 0 bridgehead atoms. The summed E-state index contributed by atoms with van der Waals surface area (Å²) in [7, 11) is 0. The second-order valence-corrected chi connectivity index (χ2v) is 7.10. The van der Waals surface area contributed by atoms with Gasteiger partial charge in [0.1, 0.15) is 5.82 Å². The van der Waals surface area contributed by atoms with Crippen molar-refractivity contribution in [2.75, 3.05) is 25.0 Å². The normalized spacial score (nSPS) is 12.4. The summed E-state index contributed by atoms with van der Waals surface area (Å²) in [6, 6.07) is 14.2. The van der Waals surface area contributed by atoms with Gasteiger partial charge in [0.05, 0.1) is 0 Å². The van der Waals surface area contributed by atoms with E-state index in [-0.39, 0.29) is 0 Å². The van der Waals surface area contributed by atoms with E-state index in [2.05, 4.69) is 47.4 Å². The van der Waals surface area contributed by atoms with Crippen LogP contribution in [-0.2, 0) is 0 Å². The Morgan fingerprint density at radius 3 is 2.39 bits per heavy atom. The van der Waals surface area contributed by atoms with Crippen LogP contribution in [0.2, 0.25) is 0 Å². The van der Waals surface area contributed by atoms with Gasteiger partial charge in [-0.3, -0.25) is 4.90 Å². The van der Waals surface area contributed by atoms with Gasteiger partial charge in [0.2, 0.25) is 0 Å². The molecule has 2 aromatic heterocycles. The van der Waals surface area contributed by atoms with Gasteiger partial charge in [-0.25, -0.2) is 0 Å². The molecule has 3 rings (SSSR count). The van der Waals surface area contributed by atoms with E-state index in [1.807, 2.05) is 54.6 Å². The monoisotopic (exact) mass is 376 g/mol. The largest absolute Gasteiger partial charge is 0.367 e. The third-order valence-electron chi connectivity index (χ3n) is 4.75. The highest BCUT2D eigenvalue weighted by Crippen LogP contribution is 2.18. The maximum Gasteiger partial charge on any atom is 0.185 e. The summed E-state index contributed by atoms with van der Waals surface area (Å²) < 4.78 is 1.79. The molecule has 0 unspecified atom stereocenters. The van der Waals surface area contributed by atoms with Crippen LogP contribution in [0.5, 0.6) is 0 Å². The molecule has 3 aromatic rings. The zero-order valence-electron chi connectivity index (χ0n) is 16.6. The Hall–Kier alpha value is -2.99. The second-order valence-electron chi connectivity index (χ2n) is 7.10. The molecule has 0 aliphatic heterocycles. The molecule has 6 nitrogen and oxygen atoms in total. The molecule has 1 aromatic carbocycles. The van der Waals surface area contributed by atoms with Crippen molar-refractivity contribution >= 4 is 11.5 Å². The SMILES string of the molecule is C=CCN(CC=C)[C@@H](CNc1ccc2nnc(-c3ccccc3)n2n1)C(C)C. The molecule has 0 spiro atoms. The average molecular weight is 377 g/mol. The quantitative estimate of drug-likeness (QED) is 0.544. The summed E-state index contributed by atoms with van der Waals surface area (Å²) in [4.78, 5) is 2.37. The lowest BCUT2D eigenvalue weighted by atomic mass is 10.0. The predicted octanol–water partition coefficient (Wildman–Crippen LogP) is 3.90. The van der Waals surface area contributed by atoms with Crippen molar-refractivity contribution in [1.82, 2.24) is 24.7 Å². The molecular formula is C22H28N6. The van der Waals surface area contributed by atoms with Gasteiger partial charge in [-0.15, -0.1) is 28.5 Å². The molecule has 0 saturated carbocycles.